The first-order chi connectivity index (χ1) is 14.8. The Balaban J connectivity index is 1.97. The first-order valence-corrected chi connectivity index (χ1v) is 9.88. The van der Waals surface area contributed by atoms with Crippen molar-refractivity contribution in [2.75, 3.05) is 4.90 Å². The van der Waals surface area contributed by atoms with Crippen LogP contribution in [0.2, 0.25) is 10.0 Å². The molecule has 8 heteroatoms. The van der Waals surface area contributed by atoms with Gasteiger partial charge >= 0.3 is 0 Å². The number of carbonyl (C=O) groups is 2. The van der Waals surface area contributed by atoms with Crippen LogP contribution in [-0.2, 0) is 9.59 Å². The van der Waals surface area contributed by atoms with E-state index in [4.69, 9.17) is 23.2 Å². The van der Waals surface area contributed by atoms with E-state index < -0.39 is 23.5 Å². The predicted molar refractivity (Wildman–Crippen MR) is 117 cm³/mol. The number of hydrogen-bond acceptors (Lipinski definition) is 5. The van der Waals surface area contributed by atoms with Crippen molar-refractivity contribution in [1.82, 2.24) is 0 Å². The molecule has 0 aromatic heterocycles. The van der Waals surface area contributed by atoms with E-state index in [1.807, 2.05) is 0 Å². The summed E-state index contributed by atoms with van der Waals surface area (Å²) < 4.78 is 0. The lowest BCUT2D eigenvalue weighted by Gasteiger charge is -2.26. The molecule has 1 saturated heterocycles. The SMILES string of the molecule is O=C1C(=O)N(c2ccccc2O)C(c2ccc(O)cc2)/C1=C(/O)c1ccc(Cl)c(Cl)c1. The molecule has 1 fully saturated rings. The molecule has 3 aromatic carbocycles. The van der Waals surface area contributed by atoms with Crippen LogP contribution in [0.15, 0.2) is 72.3 Å². The van der Waals surface area contributed by atoms with Gasteiger partial charge in [0.15, 0.2) is 0 Å². The molecule has 0 saturated carbocycles. The number of aliphatic hydroxyl groups is 1. The van der Waals surface area contributed by atoms with E-state index in [1.54, 1.807) is 12.1 Å². The van der Waals surface area contributed by atoms with Crippen LogP contribution >= 0.6 is 23.2 Å². The smallest absolute Gasteiger partial charge is 0.300 e. The van der Waals surface area contributed by atoms with Crippen molar-refractivity contribution < 1.29 is 24.9 Å². The second-order valence-electron chi connectivity index (χ2n) is 6.88. The highest BCUT2D eigenvalue weighted by Crippen LogP contribution is 2.45. The highest BCUT2D eigenvalue weighted by Gasteiger charge is 2.47. The van der Waals surface area contributed by atoms with Crippen molar-refractivity contribution in [3.8, 4) is 11.5 Å². The third kappa shape index (κ3) is 3.60. The molecule has 3 aromatic rings. The minimum atomic E-state index is -1.05. The summed E-state index contributed by atoms with van der Waals surface area (Å²) in [5, 5.41) is 31.4. The predicted octanol–water partition coefficient (Wildman–Crippen LogP) is 5.03. The Morgan fingerprint density at radius 3 is 2.19 bits per heavy atom. The molecule has 4 rings (SSSR count). The van der Waals surface area contributed by atoms with Crippen molar-refractivity contribution in [1.29, 1.82) is 0 Å². The maximum atomic E-state index is 13.0. The molecular weight excluding hydrogens is 441 g/mol. The number of phenols is 2. The monoisotopic (exact) mass is 455 g/mol. The highest BCUT2D eigenvalue weighted by atomic mass is 35.5. The summed E-state index contributed by atoms with van der Waals surface area (Å²) in [7, 11) is 0. The van der Waals surface area contributed by atoms with Gasteiger partial charge in [-0.1, -0.05) is 47.5 Å². The van der Waals surface area contributed by atoms with Crippen molar-refractivity contribution in [3.05, 3.63) is 93.5 Å². The van der Waals surface area contributed by atoms with E-state index in [0.29, 0.717) is 5.56 Å². The van der Waals surface area contributed by atoms with E-state index in [9.17, 15) is 24.9 Å². The van der Waals surface area contributed by atoms with Gasteiger partial charge in [0.2, 0.25) is 0 Å². The molecule has 3 N–H and O–H groups in total. The Hall–Kier alpha value is -3.48. The maximum absolute atomic E-state index is 13.0. The molecule has 1 aliphatic rings. The number of aromatic hydroxyl groups is 2. The molecule has 1 unspecified atom stereocenters. The maximum Gasteiger partial charge on any atom is 0.300 e. The summed E-state index contributed by atoms with van der Waals surface area (Å²) in [6, 6.07) is 15.2. The fourth-order valence-electron chi connectivity index (χ4n) is 3.52. The van der Waals surface area contributed by atoms with Crippen LogP contribution in [-0.4, -0.2) is 27.0 Å². The number of phenolic OH excluding ortho intramolecular Hbond substituents is 2. The topological polar surface area (TPSA) is 98.1 Å². The second kappa shape index (κ2) is 7.98. The standard InChI is InChI=1S/C23H15Cl2NO5/c24-15-10-7-13(11-16(15)25)21(29)19-20(12-5-8-14(27)9-6-12)26(23(31)22(19)30)17-3-1-2-4-18(17)28/h1-11,20,27-29H/b21-19-. The van der Waals surface area contributed by atoms with Crippen LogP contribution in [0.5, 0.6) is 11.5 Å². The fraction of sp³-hybridized carbons (Fsp3) is 0.0435. The summed E-state index contributed by atoms with van der Waals surface area (Å²) in [6.45, 7) is 0. The van der Waals surface area contributed by atoms with Crippen molar-refractivity contribution in [2.45, 2.75) is 6.04 Å². The first-order valence-electron chi connectivity index (χ1n) is 9.13. The number of amides is 1. The number of Topliss-reactive ketones (excluding diaryl/α,β-unsaturated/α-hetero) is 1. The van der Waals surface area contributed by atoms with E-state index in [1.165, 1.54) is 54.6 Å². The zero-order valence-electron chi connectivity index (χ0n) is 15.8. The Kier molecular flexibility index (Phi) is 5.35. The van der Waals surface area contributed by atoms with Crippen LogP contribution < -0.4 is 4.90 Å². The van der Waals surface area contributed by atoms with Gasteiger partial charge in [-0.05, 0) is 48.0 Å². The number of ketones is 1. The van der Waals surface area contributed by atoms with E-state index in [2.05, 4.69) is 0 Å². The molecule has 6 nitrogen and oxygen atoms in total. The lowest BCUT2D eigenvalue weighted by Crippen LogP contribution is -2.29. The molecular formula is C23H15Cl2NO5. The zero-order chi connectivity index (χ0) is 22.3. The summed E-state index contributed by atoms with van der Waals surface area (Å²) >= 11 is 12.0. The molecule has 1 atom stereocenters. The number of nitrogens with zero attached hydrogens (tertiary/aromatic N) is 1. The van der Waals surface area contributed by atoms with Gasteiger partial charge in [-0.25, -0.2) is 0 Å². The Morgan fingerprint density at radius 1 is 0.871 bits per heavy atom. The summed E-state index contributed by atoms with van der Waals surface area (Å²) in [4.78, 5) is 27.1. The number of hydrogen-bond donors (Lipinski definition) is 3. The molecule has 0 spiro atoms. The minimum Gasteiger partial charge on any atom is -0.508 e. The van der Waals surface area contributed by atoms with E-state index in [0.717, 1.165) is 4.90 Å². The number of carbonyl (C=O) groups excluding carboxylic acids is 2. The minimum absolute atomic E-state index is 0.00672. The van der Waals surface area contributed by atoms with Gasteiger partial charge in [0, 0.05) is 5.56 Å². The number of para-hydroxylation sites is 2. The van der Waals surface area contributed by atoms with Gasteiger partial charge in [0.1, 0.15) is 17.3 Å². The number of halogens is 2. The lowest BCUT2D eigenvalue weighted by molar-refractivity contribution is -0.132. The van der Waals surface area contributed by atoms with Crippen LogP contribution in [0.3, 0.4) is 0 Å². The molecule has 1 aliphatic heterocycles. The molecule has 0 bridgehead atoms. The van der Waals surface area contributed by atoms with Gasteiger partial charge in [-0.3, -0.25) is 14.5 Å². The fourth-order valence-corrected chi connectivity index (χ4v) is 3.82. The van der Waals surface area contributed by atoms with Crippen LogP contribution in [0, 0.1) is 0 Å². The average molecular weight is 456 g/mol. The Labute approximate surface area is 187 Å². The van der Waals surface area contributed by atoms with Gasteiger partial charge in [-0.2, -0.15) is 0 Å². The quantitative estimate of drug-likeness (QED) is 0.292. The summed E-state index contributed by atoms with van der Waals surface area (Å²) in [6.07, 6.45) is 0. The molecule has 0 aliphatic carbocycles. The van der Waals surface area contributed by atoms with Crippen molar-refractivity contribution in [2.24, 2.45) is 0 Å². The van der Waals surface area contributed by atoms with E-state index >= 15 is 0 Å². The molecule has 1 heterocycles. The van der Waals surface area contributed by atoms with Gasteiger partial charge in [0.05, 0.1) is 27.3 Å². The van der Waals surface area contributed by atoms with Gasteiger partial charge < -0.3 is 15.3 Å². The Bertz CT molecular complexity index is 1240. The average Bonchev–Trinajstić information content (AvgIpc) is 3.01. The zero-order valence-corrected chi connectivity index (χ0v) is 17.3. The normalized spacial score (nSPS) is 17.9. The van der Waals surface area contributed by atoms with E-state index in [-0.39, 0.29) is 38.4 Å². The third-order valence-corrected chi connectivity index (χ3v) is 5.73. The molecule has 1 amide bonds. The van der Waals surface area contributed by atoms with Crippen LogP contribution in [0.25, 0.3) is 5.76 Å². The first kappa shape index (κ1) is 20.8. The number of rotatable bonds is 3. The second-order valence-corrected chi connectivity index (χ2v) is 7.69. The number of aliphatic hydroxyl groups excluding tert-OH is 1. The number of benzene rings is 3. The van der Waals surface area contributed by atoms with Crippen LogP contribution in [0.4, 0.5) is 5.69 Å². The highest BCUT2D eigenvalue weighted by molar-refractivity contribution is 6.52. The number of anilines is 1. The molecule has 156 valence electrons. The lowest BCUT2D eigenvalue weighted by atomic mass is 9.95. The molecule has 0 radical (unpaired) electrons. The van der Waals surface area contributed by atoms with Gasteiger partial charge in [0.25, 0.3) is 11.7 Å². The molecule has 31 heavy (non-hydrogen) atoms. The largest absolute Gasteiger partial charge is 0.508 e. The summed E-state index contributed by atoms with van der Waals surface area (Å²) in [5.74, 6) is -2.49. The van der Waals surface area contributed by atoms with Gasteiger partial charge in [-0.15, -0.1) is 0 Å². The Morgan fingerprint density at radius 2 is 1.55 bits per heavy atom. The van der Waals surface area contributed by atoms with Crippen molar-refractivity contribution in [3.63, 3.8) is 0 Å². The van der Waals surface area contributed by atoms with Crippen LogP contribution in [0.1, 0.15) is 17.2 Å². The van der Waals surface area contributed by atoms with Crippen molar-refractivity contribution >= 4 is 46.3 Å². The third-order valence-electron chi connectivity index (χ3n) is 4.99. The summed E-state index contributed by atoms with van der Waals surface area (Å²) in [5.41, 5.74) is 0.573.